The van der Waals surface area contributed by atoms with E-state index in [4.69, 9.17) is 0 Å². The second kappa shape index (κ2) is 4.67. The monoisotopic (exact) mass is 335 g/mol. The summed E-state index contributed by atoms with van der Waals surface area (Å²) in [4.78, 5) is 0. The molecular formula is C25H21N. The molecule has 1 heterocycles. The molecule has 1 spiro atoms. The van der Waals surface area contributed by atoms with Crippen molar-refractivity contribution in [2.45, 2.75) is 25.2 Å². The molecule has 1 nitrogen and oxygen atoms in total. The van der Waals surface area contributed by atoms with E-state index in [9.17, 15) is 0 Å². The first-order valence-electron chi connectivity index (χ1n) is 9.49. The van der Waals surface area contributed by atoms with Crippen molar-refractivity contribution in [3.63, 3.8) is 0 Å². The second-order valence-electron chi connectivity index (χ2n) is 7.91. The van der Waals surface area contributed by atoms with Gasteiger partial charge in [-0.1, -0.05) is 60.7 Å². The van der Waals surface area contributed by atoms with E-state index in [1.54, 1.807) is 5.56 Å². The molecule has 0 bridgehead atoms. The molecule has 0 fully saturated rings. The van der Waals surface area contributed by atoms with Crippen LogP contribution in [-0.2, 0) is 18.9 Å². The van der Waals surface area contributed by atoms with E-state index in [1.165, 1.54) is 50.5 Å². The number of allylic oxidation sites excluding steroid dienone is 2. The van der Waals surface area contributed by atoms with Crippen LogP contribution in [0.2, 0.25) is 0 Å². The SMILES string of the molecule is CC1=CC2(CCc3c2ccc2c4ccccc4n(C)c32)c2ccccc21. The fourth-order valence-electron chi connectivity index (χ4n) is 5.65. The summed E-state index contributed by atoms with van der Waals surface area (Å²) >= 11 is 0. The Morgan fingerprint density at radius 2 is 1.65 bits per heavy atom. The van der Waals surface area contributed by atoms with Gasteiger partial charge in [-0.05, 0) is 53.7 Å². The smallest absolute Gasteiger partial charge is 0.0524 e. The Bertz CT molecular complexity index is 1250. The van der Waals surface area contributed by atoms with Crippen LogP contribution in [0.5, 0.6) is 0 Å². The van der Waals surface area contributed by atoms with Gasteiger partial charge < -0.3 is 4.57 Å². The number of fused-ring (bicyclic) bond motifs is 8. The molecule has 0 saturated heterocycles. The number of hydrogen-bond acceptors (Lipinski definition) is 0. The molecule has 0 N–H and O–H groups in total. The van der Waals surface area contributed by atoms with Crippen molar-refractivity contribution in [1.29, 1.82) is 0 Å². The van der Waals surface area contributed by atoms with E-state index in [1.807, 2.05) is 0 Å². The number of rotatable bonds is 0. The third-order valence-electron chi connectivity index (χ3n) is 6.72. The van der Waals surface area contributed by atoms with Crippen LogP contribution >= 0.6 is 0 Å². The van der Waals surface area contributed by atoms with E-state index in [0.29, 0.717) is 0 Å². The lowest BCUT2D eigenvalue weighted by molar-refractivity contribution is 0.644. The Morgan fingerprint density at radius 3 is 2.58 bits per heavy atom. The van der Waals surface area contributed by atoms with Gasteiger partial charge in [-0.2, -0.15) is 0 Å². The van der Waals surface area contributed by atoms with Gasteiger partial charge in [0.15, 0.2) is 0 Å². The molecule has 0 amide bonds. The molecule has 6 rings (SSSR count). The van der Waals surface area contributed by atoms with E-state index in [2.05, 4.69) is 85.3 Å². The van der Waals surface area contributed by atoms with Gasteiger partial charge >= 0.3 is 0 Å². The lowest BCUT2D eigenvalue weighted by atomic mass is 9.77. The number of para-hydroxylation sites is 1. The van der Waals surface area contributed by atoms with Crippen molar-refractivity contribution in [3.8, 4) is 0 Å². The van der Waals surface area contributed by atoms with Crippen LogP contribution in [-0.4, -0.2) is 4.57 Å². The van der Waals surface area contributed by atoms with Crippen LogP contribution in [0.25, 0.3) is 27.4 Å². The molecule has 1 aromatic heterocycles. The minimum Gasteiger partial charge on any atom is -0.343 e. The molecule has 4 aromatic rings. The van der Waals surface area contributed by atoms with Crippen molar-refractivity contribution < 1.29 is 0 Å². The number of benzene rings is 3. The average Bonchev–Trinajstić information content (AvgIpc) is 3.29. The standard InChI is InChI=1S/C25H21N/c1-16-15-25(21-9-5-3-7-17(16)21)14-13-20-22(25)12-11-19-18-8-4-6-10-23(18)26(2)24(19)20/h3-12,15H,13-14H2,1-2H3. The van der Waals surface area contributed by atoms with E-state index in [-0.39, 0.29) is 5.41 Å². The highest BCUT2D eigenvalue weighted by molar-refractivity contribution is 6.09. The highest BCUT2D eigenvalue weighted by Gasteiger charge is 2.44. The van der Waals surface area contributed by atoms with Gasteiger partial charge in [0.05, 0.1) is 5.52 Å². The Hall–Kier alpha value is -2.80. The van der Waals surface area contributed by atoms with E-state index >= 15 is 0 Å². The number of aryl methyl sites for hydroxylation is 2. The molecule has 1 heteroatoms. The normalized spacial score (nSPS) is 20.8. The highest BCUT2D eigenvalue weighted by Crippen LogP contribution is 2.54. The van der Waals surface area contributed by atoms with Gasteiger partial charge in [0.25, 0.3) is 0 Å². The molecule has 2 aliphatic carbocycles. The van der Waals surface area contributed by atoms with Crippen molar-refractivity contribution >= 4 is 27.4 Å². The zero-order chi connectivity index (χ0) is 17.5. The Kier molecular flexibility index (Phi) is 2.59. The van der Waals surface area contributed by atoms with Crippen molar-refractivity contribution in [2.75, 3.05) is 0 Å². The van der Waals surface area contributed by atoms with Crippen molar-refractivity contribution in [1.82, 2.24) is 4.57 Å². The summed E-state index contributed by atoms with van der Waals surface area (Å²) in [6, 6.07) is 22.5. The zero-order valence-electron chi connectivity index (χ0n) is 15.2. The maximum absolute atomic E-state index is 2.53. The van der Waals surface area contributed by atoms with Gasteiger partial charge in [0.1, 0.15) is 0 Å². The van der Waals surface area contributed by atoms with Gasteiger partial charge in [-0.3, -0.25) is 0 Å². The summed E-state index contributed by atoms with van der Waals surface area (Å²) in [6.07, 6.45) is 4.85. The van der Waals surface area contributed by atoms with Crippen LogP contribution in [0.1, 0.15) is 35.6 Å². The second-order valence-corrected chi connectivity index (χ2v) is 7.91. The third kappa shape index (κ3) is 1.53. The number of hydrogen-bond donors (Lipinski definition) is 0. The fraction of sp³-hybridized carbons (Fsp3) is 0.200. The van der Waals surface area contributed by atoms with Gasteiger partial charge in [-0.15, -0.1) is 0 Å². The quantitative estimate of drug-likeness (QED) is 0.372. The molecule has 2 aliphatic rings. The summed E-state index contributed by atoms with van der Waals surface area (Å²) in [6.45, 7) is 2.26. The van der Waals surface area contributed by atoms with Crippen molar-refractivity contribution in [3.05, 3.63) is 89.0 Å². The number of aromatic nitrogens is 1. The molecule has 126 valence electrons. The lowest BCUT2D eigenvalue weighted by Gasteiger charge is -2.25. The molecule has 1 atom stereocenters. The third-order valence-corrected chi connectivity index (χ3v) is 6.72. The van der Waals surface area contributed by atoms with E-state index < -0.39 is 0 Å². The molecule has 26 heavy (non-hydrogen) atoms. The largest absolute Gasteiger partial charge is 0.343 e. The van der Waals surface area contributed by atoms with Gasteiger partial charge in [0.2, 0.25) is 0 Å². The first-order valence-corrected chi connectivity index (χ1v) is 9.49. The van der Waals surface area contributed by atoms with Gasteiger partial charge in [0, 0.05) is 28.8 Å². The maximum atomic E-state index is 2.53. The van der Waals surface area contributed by atoms with Crippen LogP contribution in [0.3, 0.4) is 0 Å². The van der Waals surface area contributed by atoms with Gasteiger partial charge in [-0.25, -0.2) is 0 Å². The first kappa shape index (κ1) is 14.4. The molecule has 3 aromatic carbocycles. The predicted octanol–water partition coefficient (Wildman–Crippen LogP) is 5.98. The molecular weight excluding hydrogens is 314 g/mol. The zero-order valence-corrected chi connectivity index (χ0v) is 15.2. The van der Waals surface area contributed by atoms with Crippen LogP contribution < -0.4 is 0 Å². The molecule has 0 aliphatic heterocycles. The Balaban J connectivity index is 1.72. The maximum Gasteiger partial charge on any atom is 0.0524 e. The molecule has 1 unspecified atom stereocenters. The van der Waals surface area contributed by atoms with Crippen LogP contribution in [0.15, 0.2) is 66.7 Å². The Morgan fingerprint density at radius 1 is 0.846 bits per heavy atom. The average molecular weight is 335 g/mol. The summed E-state index contributed by atoms with van der Waals surface area (Å²) in [5.74, 6) is 0. The number of nitrogens with zero attached hydrogens (tertiary/aromatic N) is 1. The van der Waals surface area contributed by atoms with Crippen LogP contribution in [0.4, 0.5) is 0 Å². The first-order chi connectivity index (χ1) is 12.7. The molecule has 0 radical (unpaired) electrons. The topological polar surface area (TPSA) is 4.93 Å². The van der Waals surface area contributed by atoms with Crippen molar-refractivity contribution in [2.24, 2.45) is 7.05 Å². The van der Waals surface area contributed by atoms with E-state index in [0.717, 1.165) is 6.42 Å². The predicted molar refractivity (Wildman–Crippen MR) is 110 cm³/mol. The lowest BCUT2D eigenvalue weighted by Crippen LogP contribution is -2.19. The Labute approximate surface area is 153 Å². The summed E-state index contributed by atoms with van der Waals surface area (Å²) in [5, 5.41) is 2.76. The summed E-state index contributed by atoms with van der Waals surface area (Å²) < 4.78 is 2.40. The minimum absolute atomic E-state index is 0.0701. The fourth-order valence-corrected chi connectivity index (χ4v) is 5.65. The van der Waals surface area contributed by atoms with Crippen LogP contribution in [0, 0.1) is 0 Å². The molecule has 0 saturated carbocycles. The summed E-state index contributed by atoms with van der Waals surface area (Å²) in [7, 11) is 2.22. The minimum atomic E-state index is 0.0701. The summed E-state index contributed by atoms with van der Waals surface area (Å²) in [5.41, 5.74) is 10.2. The highest BCUT2D eigenvalue weighted by atomic mass is 14.9.